The Hall–Kier alpha value is 0.160. The molecule has 0 atom stereocenters. The first-order valence-corrected chi connectivity index (χ1v) is 7.72. The fourth-order valence-corrected chi connectivity index (χ4v) is 2.81. The van der Waals surface area contributed by atoms with Crippen LogP contribution in [0.4, 0.5) is 0 Å². The lowest BCUT2D eigenvalue weighted by molar-refractivity contribution is 0.475. The van der Waals surface area contributed by atoms with Gasteiger partial charge in [0, 0.05) is 17.9 Å². The van der Waals surface area contributed by atoms with E-state index in [1.807, 2.05) is 18.2 Å². The number of para-hydroxylation sites is 1. The molecular formula is C12H8Br4O. The predicted molar refractivity (Wildman–Crippen MR) is 85.3 cm³/mol. The molecule has 0 amide bonds. The van der Waals surface area contributed by atoms with Gasteiger partial charge in [0.15, 0.2) is 0 Å². The van der Waals surface area contributed by atoms with Crippen molar-refractivity contribution in [3.63, 3.8) is 0 Å². The Morgan fingerprint density at radius 2 is 1.06 bits per heavy atom. The molecular weight excluding hydrogens is 480 g/mol. The zero-order chi connectivity index (χ0) is 12.8. The maximum atomic E-state index is 8.63. The standard InChI is InChI=1S/C6H2Br4.C6H6O/c7-3-1-2-4(8)6(10)5(3)9;7-6-4-2-1-3-5-6/h1-2H;1-5,7H. The van der Waals surface area contributed by atoms with Crippen LogP contribution in [0.5, 0.6) is 5.75 Å². The van der Waals surface area contributed by atoms with E-state index in [1.165, 1.54) is 0 Å². The predicted octanol–water partition coefficient (Wildman–Crippen LogP) is 6.13. The minimum atomic E-state index is 0.322. The van der Waals surface area contributed by atoms with Gasteiger partial charge < -0.3 is 5.11 Å². The second kappa shape index (κ2) is 7.56. The van der Waals surface area contributed by atoms with Gasteiger partial charge in [-0.2, -0.15) is 0 Å². The van der Waals surface area contributed by atoms with Crippen LogP contribution in [0.25, 0.3) is 0 Å². The molecule has 2 aromatic carbocycles. The summed E-state index contributed by atoms with van der Waals surface area (Å²) in [5, 5.41) is 8.63. The summed E-state index contributed by atoms with van der Waals surface area (Å²) in [6.07, 6.45) is 0. The van der Waals surface area contributed by atoms with E-state index in [2.05, 4.69) is 63.7 Å². The van der Waals surface area contributed by atoms with Crippen LogP contribution >= 0.6 is 63.7 Å². The SMILES string of the molecule is Brc1ccc(Br)c(Br)c1Br.Oc1ccccc1. The van der Waals surface area contributed by atoms with Gasteiger partial charge in [-0.05, 0) is 88.0 Å². The van der Waals surface area contributed by atoms with Gasteiger partial charge in [0.2, 0.25) is 0 Å². The molecule has 0 aliphatic heterocycles. The average molecular weight is 488 g/mol. The lowest BCUT2D eigenvalue weighted by atomic mass is 10.3. The van der Waals surface area contributed by atoms with Crippen LogP contribution in [-0.4, -0.2) is 5.11 Å². The monoisotopic (exact) mass is 484 g/mol. The summed E-state index contributed by atoms with van der Waals surface area (Å²) in [6.45, 7) is 0. The Kier molecular flexibility index (Phi) is 6.77. The summed E-state index contributed by atoms with van der Waals surface area (Å²) in [5.41, 5.74) is 0. The molecule has 0 saturated heterocycles. The highest BCUT2D eigenvalue weighted by molar-refractivity contribution is 9.15. The van der Waals surface area contributed by atoms with Gasteiger partial charge in [0.05, 0.1) is 0 Å². The van der Waals surface area contributed by atoms with E-state index in [4.69, 9.17) is 5.11 Å². The molecule has 0 aliphatic rings. The summed E-state index contributed by atoms with van der Waals surface area (Å²) in [5.74, 6) is 0.322. The van der Waals surface area contributed by atoms with E-state index >= 15 is 0 Å². The van der Waals surface area contributed by atoms with Crippen molar-refractivity contribution in [3.05, 3.63) is 60.4 Å². The highest BCUT2D eigenvalue weighted by atomic mass is 79.9. The minimum Gasteiger partial charge on any atom is -0.508 e. The third kappa shape index (κ3) is 5.12. The molecule has 0 heterocycles. The average Bonchev–Trinajstić information content (AvgIpc) is 2.33. The highest BCUT2D eigenvalue weighted by Crippen LogP contribution is 2.35. The van der Waals surface area contributed by atoms with Crippen molar-refractivity contribution in [1.29, 1.82) is 0 Å². The lowest BCUT2D eigenvalue weighted by Gasteiger charge is -2.00. The van der Waals surface area contributed by atoms with Crippen LogP contribution in [0.2, 0.25) is 0 Å². The molecule has 0 saturated carbocycles. The van der Waals surface area contributed by atoms with Gasteiger partial charge in [-0.1, -0.05) is 18.2 Å². The first-order chi connectivity index (χ1) is 8.02. The molecule has 0 spiro atoms. The van der Waals surface area contributed by atoms with Crippen LogP contribution in [0.1, 0.15) is 0 Å². The van der Waals surface area contributed by atoms with Crippen molar-refractivity contribution in [1.82, 2.24) is 0 Å². The number of hydrogen-bond donors (Lipinski definition) is 1. The Balaban J connectivity index is 0.000000181. The zero-order valence-electron chi connectivity index (χ0n) is 8.50. The molecule has 0 bridgehead atoms. The Morgan fingerprint density at radius 1 is 0.647 bits per heavy atom. The van der Waals surface area contributed by atoms with Gasteiger partial charge in [0.1, 0.15) is 5.75 Å². The van der Waals surface area contributed by atoms with Crippen molar-refractivity contribution in [3.8, 4) is 5.75 Å². The number of halogens is 4. The molecule has 0 unspecified atom stereocenters. The smallest absolute Gasteiger partial charge is 0.115 e. The molecule has 90 valence electrons. The molecule has 0 aliphatic carbocycles. The molecule has 0 aromatic heterocycles. The molecule has 2 rings (SSSR count). The third-order valence-electron chi connectivity index (χ3n) is 1.74. The fraction of sp³-hybridized carbons (Fsp3) is 0. The molecule has 2 aromatic rings. The number of rotatable bonds is 0. The van der Waals surface area contributed by atoms with E-state index in [9.17, 15) is 0 Å². The number of phenolic OH excluding ortho intramolecular Hbond substituents is 1. The topological polar surface area (TPSA) is 20.2 Å². The first kappa shape index (κ1) is 15.2. The lowest BCUT2D eigenvalue weighted by Crippen LogP contribution is -1.73. The minimum absolute atomic E-state index is 0.322. The first-order valence-electron chi connectivity index (χ1n) is 4.55. The highest BCUT2D eigenvalue weighted by Gasteiger charge is 2.03. The Bertz CT molecular complexity index is 458. The van der Waals surface area contributed by atoms with Gasteiger partial charge in [-0.25, -0.2) is 0 Å². The van der Waals surface area contributed by atoms with Gasteiger partial charge in [-0.15, -0.1) is 0 Å². The molecule has 0 fully saturated rings. The van der Waals surface area contributed by atoms with Crippen LogP contribution in [0.3, 0.4) is 0 Å². The normalized spacial score (nSPS) is 9.41. The number of hydrogen-bond acceptors (Lipinski definition) is 1. The maximum absolute atomic E-state index is 8.63. The second-order valence-electron chi connectivity index (χ2n) is 2.99. The van der Waals surface area contributed by atoms with E-state index in [-0.39, 0.29) is 0 Å². The third-order valence-corrected chi connectivity index (χ3v) is 6.31. The molecule has 5 heteroatoms. The van der Waals surface area contributed by atoms with Crippen molar-refractivity contribution in [2.45, 2.75) is 0 Å². The number of benzene rings is 2. The quantitative estimate of drug-likeness (QED) is 0.350. The van der Waals surface area contributed by atoms with E-state index in [0.717, 1.165) is 17.9 Å². The zero-order valence-corrected chi connectivity index (χ0v) is 14.8. The van der Waals surface area contributed by atoms with E-state index < -0.39 is 0 Å². The largest absolute Gasteiger partial charge is 0.508 e. The van der Waals surface area contributed by atoms with Crippen molar-refractivity contribution in [2.75, 3.05) is 0 Å². The summed E-state index contributed by atoms with van der Waals surface area (Å²) in [7, 11) is 0. The van der Waals surface area contributed by atoms with Crippen LogP contribution in [0.15, 0.2) is 60.4 Å². The van der Waals surface area contributed by atoms with E-state index in [0.29, 0.717) is 5.75 Å². The summed E-state index contributed by atoms with van der Waals surface area (Å²) < 4.78 is 4.15. The molecule has 0 radical (unpaired) electrons. The van der Waals surface area contributed by atoms with Gasteiger partial charge in [-0.3, -0.25) is 0 Å². The second-order valence-corrected chi connectivity index (χ2v) is 6.29. The van der Waals surface area contributed by atoms with Crippen molar-refractivity contribution < 1.29 is 5.11 Å². The summed E-state index contributed by atoms with van der Waals surface area (Å²) in [6, 6.07) is 12.7. The number of aromatic hydroxyl groups is 1. The van der Waals surface area contributed by atoms with Crippen LogP contribution < -0.4 is 0 Å². The maximum Gasteiger partial charge on any atom is 0.115 e. The van der Waals surface area contributed by atoms with Gasteiger partial charge in [0.25, 0.3) is 0 Å². The van der Waals surface area contributed by atoms with Crippen LogP contribution in [0, 0.1) is 0 Å². The molecule has 1 N–H and O–H groups in total. The number of phenols is 1. The Labute approximate surface area is 134 Å². The fourth-order valence-electron chi connectivity index (χ4n) is 0.930. The summed E-state index contributed by atoms with van der Waals surface area (Å²) >= 11 is 13.6. The Morgan fingerprint density at radius 3 is 1.35 bits per heavy atom. The molecule has 1 nitrogen and oxygen atoms in total. The molecule has 17 heavy (non-hydrogen) atoms. The van der Waals surface area contributed by atoms with Crippen molar-refractivity contribution >= 4 is 63.7 Å². The summed E-state index contributed by atoms with van der Waals surface area (Å²) in [4.78, 5) is 0. The van der Waals surface area contributed by atoms with Gasteiger partial charge >= 0.3 is 0 Å². The van der Waals surface area contributed by atoms with Crippen LogP contribution in [-0.2, 0) is 0 Å². The van der Waals surface area contributed by atoms with E-state index in [1.54, 1.807) is 24.3 Å². The van der Waals surface area contributed by atoms with Crippen molar-refractivity contribution in [2.24, 2.45) is 0 Å².